The maximum absolute atomic E-state index is 13.1. The van der Waals surface area contributed by atoms with E-state index in [1.54, 1.807) is 19.1 Å². The topological polar surface area (TPSA) is 113 Å². The summed E-state index contributed by atoms with van der Waals surface area (Å²) >= 11 is 3.18. The molecule has 9 nitrogen and oxygen atoms in total. The number of Topliss-reactive ketones (excluding diaryl/α,β-unsaturated/α-hetero) is 1. The first kappa shape index (κ1) is 21.4. The highest BCUT2D eigenvalue weighted by Gasteiger charge is 2.45. The molecule has 5 rings (SSSR count). The molecule has 33 heavy (non-hydrogen) atoms. The minimum atomic E-state index is -0.636. The first-order chi connectivity index (χ1) is 15.7. The second kappa shape index (κ2) is 7.58. The molecule has 2 aromatic rings. The van der Waals surface area contributed by atoms with Crippen molar-refractivity contribution in [2.45, 2.75) is 31.8 Å². The van der Waals surface area contributed by atoms with Gasteiger partial charge in [-0.15, -0.1) is 0 Å². The van der Waals surface area contributed by atoms with Crippen molar-refractivity contribution in [3.63, 3.8) is 0 Å². The van der Waals surface area contributed by atoms with E-state index < -0.39 is 23.3 Å². The lowest BCUT2D eigenvalue weighted by molar-refractivity contribution is -0.115. The average molecular weight is 514 g/mol. The molecule has 0 saturated heterocycles. The smallest absolute Gasteiger partial charge is 0.347 e. The number of phenols is 1. The second-order valence-electron chi connectivity index (χ2n) is 8.15. The molecule has 1 N–H and O–H groups in total. The van der Waals surface area contributed by atoms with E-state index in [1.807, 2.05) is 6.08 Å². The molecule has 1 aliphatic heterocycles. The summed E-state index contributed by atoms with van der Waals surface area (Å²) in [6, 6.07) is 4.21. The summed E-state index contributed by atoms with van der Waals surface area (Å²) in [5, 5.41) is 10.2. The minimum Gasteiger partial charge on any atom is -0.504 e. The highest BCUT2D eigenvalue weighted by Crippen LogP contribution is 2.50. The van der Waals surface area contributed by atoms with E-state index in [0.29, 0.717) is 23.3 Å². The lowest BCUT2D eigenvalue weighted by Gasteiger charge is -2.39. The molecule has 10 heteroatoms. The molecule has 0 radical (unpaired) electrons. The molecule has 1 aromatic carbocycles. The molecule has 0 bridgehead atoms. The van der Waals surface area contributed by atoms with Crippen LogP contribution < -0.4 is 16.1 Å². The number of carbonyl (C=O) groups is 2. The molecular weight excluding hydrogens is 494 g/mol. The summed E-state index contributed by atoms with van der Waals surface area (Å²) in [5.74, 6) is -1.03. The number of allylic oxidation sites excluding steroid dienone is 6. The van der Waals surface area contributed by atoms with Gasteiger partial charge in [-0.1, -0.05) is 12.1 Å². The number of nitrogens with zero attached hydrogens (tertiary/aromatic N) is 3. The maximum Gasteiger partial charge on any atom is 0.347 e. The van der Waals surface area contributed by atoms with E-state index in [0.717, 1.165) is 10.1 Å². The van der Waals surface area contributed by atoms with Crippen molar-refractivity contribution in [1.29, 1.82) is 0 Å². The van der Waals surface area contributed by atoms with Gasteiger partial charge in [0.25, 0.3) is 0 Å². The molecular formula is C23H20BrN3O6. The largest absolute Gasteiger partial charge is 0.504 e. The summed E-state index contributed by atoms with van der Waals surface area (Å²) in [5.41, 5.74) is 1.13. The molecule has 1 aromatic heterocycles. The molecule has 0 unspecified atom stereocenters. The zero-order chi connectivity index (χ0) is 23.6. The van der Waals surface area contributed by atoms with E-state index in [2.05, 4.69) is 15.9 Å². The summed E-state index contributed by atoms with van der Waals surface area (Å²) < 4.78 is 9.46. The number of carbonyl (C=O) groups excluding carboxylic acids is 2. The third-order valence-electron chi connectivity index (χ3n) is 6.41. The monoisotopic (exact) mass is 513 g/mol. The quantitative estimate of drug-likeness (QED) is 0.495. The van der Waals surface area contributed by atoms with Crippen LogP contribution in [0.1, 0.15) is 30.9 Å². The van der Waals surface area contributed by atoms with Crippen molar-refractivity contribution < 1.29 is 19.4 Å². The number of phenolic OH excluding ortho intramolecular Hbond substituents is 1. The first-order valence-corrected chi connectivity index (χ1v) is 11.3. The predicted molar refractivity (Wildman–Crippen MR) is 122 cm³/mol. The van der Waals surface area contributed by atoms with Crippen molar-refractivity contribution in [2.75, 3.05) is 6.61 Å². The maximum atomic E-state index is 13.1. The van der Waals surface area contributed by atoms with Crippen LogP contribution >= 0.6 is 15.9 Å². The van der Waals surface area contributed by atoms with Crippen molar-refractivity contribution in [1.82, 2.24) is 13.9 Å². The van der Waals surface area contributed by atoms with Gasteiger partial charge < -0.3 is 9.84 Å². The van der Waals surface area contributed by atoms with E-state index in [1.165, 1.54) is 28.6 Å². The van der Waals surface area contributed by atoms with Gasteiger partial charge in [0.05, 0.1) is 23.7 Å². The van der Waals surface area contributed by atoms with Crippen molar-refractivity contribution in [3.05, 3.63) is 78.1 Å². The lowest BCUT2D eigenvalue weighted by atomic mass is 9.69. The van der Waals surface area contributed by atoms with Crippen LogP contribution in [0.5, 0.6) is 11.5 Å². The van der Waals surface area contributed by atoms with E-state index >= 15 is 0 Å². The van der Waals surface area contributed by atoms with Gasteiger partial charge in [0.2, 0.25) is 0 Å². The van der Waals surface area contributed by atoms with Crippen LogP contribution in [0.2, 0.25) is 0 Å². The van der Waals surface area contributed by atoms with Crippen LogP contribution in [0.25, 0.3) is 0 Å². The number of halogens is 1. The van der Waals surface area contributed by atoms with Gasteiger partial charge in [-0.3, -0.25) is 9.59 Å². The fourth-order valence-electron chi connectivity index (χ4n) is 4.95. The number of aromatic nitrogens is 3. The highest BCUT2D eigenvalue weighted by atomic mass is 79.9. The van der Waals surface area contributed by atoms with Gasteiger partial charge in [-0.05, 0) is 46.1 Å². The molecule has 0 saturated carbocycles. The average Bonchev–Trinajstić information content (AvgIpc) is 3.02. The van der Waals surface area contributed by atoms with Gasteiger partial charge in [0.15, 0.2) is 23.1 Å². The van der Waals surface area contributed by atoms with E-state index in [-0.39, 0.29) is 40.5 Å². The van der Waals surface area contributed by atoms with Crippen LogP contribution in [0.15, 0.2) is 61.1 Å². The third-order valence-corrected chi connectivity index (χ3v) is 7.00. The number of hydrogen-bond donors (Lipinski definition) is 1. The SMILES string of the molecule is CCOc1cc([C@H]2C3=CCn4c(=O)n(C)c(=O)n4[C@@H]3CC3=C2C(=O)C=C(Br)C3=O)ccc1O. The number of ether oxygens (including phenoxy) is 1. The molecule has 0 amide bonds. The fraction of sp³-hybridized carbons (Fsp3) is 0.304. The lowest BCUT2D eigenvalue weighted by Crippen LogP contribution is -2.40. The summed E-state index contributed by atoms with van der Waals surface area (Å²) in [7, 11) is 1.41. The van der Waals surface area contributed by atoms with Crippen LogP contribution in [-0.2, 0) is 23.2 Å². The van der Waals surface area contributed by atoms with E-state index in [9.17, 15) is 24.3 Å². The summed E-state index contributed by atoms with van der Waals surface area (Å²) in [6.07, 6.45) is 3.23. The standard InChI is InChI=1S/C23H20BrN3O6/c1-3-33-18-8-11(4-5-16(18)28)19-12-6-7-26-22(31)25(2)23(32)27(26)15(12)9-13-20(19)17(29)10-14(24)21(13)30/h4-6,8,10,15,19,28H,3,7,9H2,1-2H3/t15-,19+/m1/s1. The second-order valence-corrected chi connectivity index (χ2v) is 9.00. The highest BCUT2D eigenvalue weighted by molar-refractivity contribution is 9.12. The Hall–Kier alpha value is -3.40. The Labute approximate surface area is 196 Å². The zero-order valence-corrected chi connectivity index (χ0v) is 19.5. The molecule has 170 valence electrons. The van der Waals surface area contributed by atoms with E-state index in [4.69, 9.17) is 4.74 Å². The fourth-order valence-corrected chi connectivity index (χ4v) is 5.40. The van der Waals surface area contributed by atoms with Crippen LogP contribution in [-0.4, -0.2) is 37.2 Å². The number of aromatic hydroxyl groups is 1. The number of rotatable bonds is 3. The minimum absolute atomic E-state index is 0.0402. The molecule has 2 heterocycles. The van der Waals surface area contributed by atoms with Gasteiger partial charge in [-0.2, -0.15) is 0 Å². The Bertz CT molecular complexity index is 1450. The number of benzene rings is 1. The first-order valence-electron chi connectivity index (χ1n) is 10.5. The molecule has 0 fully saturated rings. The third kappa shape index (κ3) is 3.04. The normalized spacial score (nSPS) is 21.8. The molecule has 0 spiro atoms. The van der Waals surface area contributed by atoms with Crippen LogP contribution in [0.4, 0.5) is 0 Å². The van der Waals surface area contributed by atoms with Gasteiger partial charge >= 0.3 is 11.4 Å². The molecule has 2 aliphatic carbocycles. The predicted octanol–water partition coefficient (Wildman–Crippen LogP) is 1.85. The van der Waals surface area contributed by atoms with Crippen LogP contribution in [0.3, 0.4) is 0 Å². The summed E-state index contributed by atoms with van der Waals surface area (Å²) in [4.78, 5) is 51.7. The molecule has 2 atom stereocenters. The zero-order valence-electron chi connectivity index (χ0n) is 17.9. The van der Waals surface area contributed by atoms with Crippen molar-refractivity contribution in [2.24, 2.45) is 7.05 Å². The Morgan fingerprint density at radius 3 is 2.67 bits per heavy atom. The Morgan fingerprint density at radius 2 is 1.94 bits per heavy atom. The number of ketones is 2. The van der Waals surface area contributed by atoms with Crippen molar-refractivity contribution >= 4 is 27.5 Å². The Balaban J connectivity index is 1.77. The van der Waals surface area contributed by atoms with Gasteiger partial charge in [-0.25, -0.2) is 23.5 Å². The molecule has 3 aliphatic rings. The van der Waals surface area contributed by atoms with Gasteiger partial charge in [0.1, 0.15) is 0 Å². The van der Waals surface area contributed by atoms with Gasteiger partial charge in [0, 0.05) is 36.6 Å². The number of fused-ring (bicyclic) bond motifs is 3. The Kier molecular flexibility index (Phi) is 4.93. The number of hydrogen-bond acceptors (Lipinski definition) is 6. The van der Waals surface area contributed by atoms with Crippen molar-refractivity contribution in [3.8, 4) is 11.5 Å². The summed E-state index contributed by atoms with van der Waals surface area (Å²) in [6.45, 7) is 2.29. The van der Waals surface area contributed by atoms with Crippen LogP contribution in [0, 0.1) is 0 Å². The Morgan fingerprint density at radius 1 is 1.18 bits per heavy atom.